The van der Waals surface area contributed by atoms with Gasteiger partial charge in [0, 0.05) is 25.2 Å². The van der Waals surface area contributed by atoms with E-state index in [1.54, 1.807) is 4.90 Å². The van der Waals surface area contributed by atoms with Gasteiger partial charge in [0.1, 0.15) is 5.82 Å². The van der Waals surface area contributed by atoms with E-state index in [9.17, 15) is 19.3 Å². The summed E-state index contributed by atoms with van der Waals surface area (Å²) in [7, 11) is 0. The van der Waals surface area contributed by atoms with Crippen LogP contribution < -0.4 is 0 Å². The lowest BCUT2D eigenvalue weighted by Gasteiger charge is -2.37. The number of halogens is 1. The number of piperidine rings is 1. The summed E-state index contributed by atoms with van der Waals surface area (Å²) in [5.74, 6) is -0.817. The molecule has 1 aromatic carbocycles. The third kappa shape index (κ3) is 4.22. The van der Waals surface area contributed by atoms with E-state index in [2.05, 4.69) is 4.90 Å². The SMILES string of the molecule is O=C(/C=C/c1ccc(F)cc1[N+](=O)[O-])N1CCC[C@@H](N2CCCC2)C1. The first-order valence-electron chi connectivity index (χ1n) is 8.69. The smallest absolute Gasteiger partial charge is 0.279 e. The van der Waals surface area contributed by atoms with Gasteiger partial charge in [-0.2, -0.15) is 0 Å². The molecule has 2 saturated heterocycles. The molecule has 25 heavy (non-hydrogen) atoms. The van der Waals surface area contributed by atoms with Crippen molar-refractivity contribution >= 4 is 17.7 Å². The Morgan fingerprint density at radius 1 is 1.24 bits per heavy atom. The zero-order valence-corrected chi connectivity index (χ0v) is 14.1. The minimum absolute atomic E-state index is 0.150. The van der Waals surface area contributed by atoms with Gasteiger partial charge in [-0.25, -0.2) is 4.39 Å². The van der Waals surface area contributed by atoms with Crippen LogP contribution in [0.3, 0.4) is 0 Å². The van der Waals surface area contributed by atoms with Crippen molar-refractivity contribution in [3.8, 4) is 0 Å². The van der Waals surface area contributed by atoms with Crippen molar-refractivity contribution in [2.45, 2.75) is 31.7 Å². The number of carbonyl (C=O) groups excluding carboxylic acids is 1. The van der Waals surface area contributed by atoms with E-state index < -0.39 is 10.7 Å². The average Bonchev–Trinajstić information content (AvgIpc) is 3.15. The number of benzene rings is 1. The van der Waals surface area contributed by atoms with Gasteiger partial charge in [0.05, 0.1) is 16.6 Å². The minimum Gasteiger partial charge on any atom is -0.338 e. The van der Waals surface area contributed by atoms with Crippen LogP contribution in [0, 0.1) is 15.9 Å². The molecule has 2 aliphatic rings. The summed E-state index contributed by atoms with van der Waals surface area (Å²) in [4.78, 5) is 27.1. The fraction of sp³-hybridized carbons (Fsp3) is 0.500. The topological polar surface area (TPSA) is 66.7 Å². The first kappa shape index (κ1) is 17.5. The molecule has 3 rings (SSSR count). The summed E-state index contributed by atoms with van der Waals surface area (Å²) in [5, 5.41) is 11.0. The number of nitro groups is 1. The molecule has 0 spiro atoms. The van der Waals surface area contributed by atoms with Gasteiger partial charge in [-0.05, 0) is 57.0 Å². The van der Waals surface area contributed by atoms with E-state index in [-0.39, 0.29) is 17.2 Å². The number of likely N-dealkylation sites (tertiary alicyclic amines) is 2. The van der Waals surface area contributed by atoms with E-state index in [4.69, 9.17) is 0 Å². The number of nitrogens with zero attached hydrogens (tertiary/aromatic N) is 3. The standard InChI is InChI=1S/C18H22FN3O3/c19-15-7-5-14(17(12-15)22(24)25)6-8-18(23)21-11-3-4-16(13-21)20-9-1-2-10-20/h5-8,12,16H,1-4,9-11,13H2/b8-6+/t16-/m1/s1. The van der Waals surface area contributed by atoms with E-state index in [0.29, 0.717) is 19.1 Å². The van der Waals surface area contributed by atoms with Crippen LogP contribution >= 0.6 is 0 Å². The van der Waals surface area contributed by atoms with Crippen molar-refractivity contribution in [1.29, 1.82) is 0 Å². The van der Waals surface area contributed by atoms with Crippen LogP contribution in [0.1, 0.15) is 31.2 Å². The lowest BCUT2D eigenvalue weighted by molar-refractivity contribution is -0.385. The molecule has 0 N–H and O–H groups in total. The summed E-state index contributed by atoms with van der Waals surface area (Å²) in [6, 6.07) is 3.75. The maximum atomic E-state index is 13.2. The highest BCUT2D eigenvalue weighted by Gasteiger charge is 2.28. The summed E-state index contributed by atoms with van der Waals surface area (Å²) in [6.07, 6.45) is 7.28. The molecular weight excluding hydrogens is 325 g/mol. The van der Waals surface area contributed by atoms with Crippen LogP contribution in [0.5, 0.6) is 0 Å². The monoisotopic (exact) mass is 347 g/mol. The fourth-order valence-corrected chi connectivity index (χ4v) is 3.64. The Labute approximate surface area is 146 Å². The number of amides is 1. The molecule has 0 aliphatic carbocycles. The Bertz CT molecular complexity index is 686. The molecule has 2 fully saturated rings. The molecule has 1 atom stereocenters. The molecule has 0 unspecified atom stereocenters. The maximum Gasteiger partial charge on any atom is 0.279 e. The highest BCUT2D eigenvalue weighted by Crippen LogP contribution is 2.23. The highest BCUT2D eigenvalue weighted by atomic mass is 19.1. The molecule has 0 saturated carbocycles. The van der Waals surface area contributed by atoms with Crippen molar-refractivity contribution < 1.29 is 14.1 Å². The largest absolute Gasteiger partial charge is 0.338 e. The maximum absolute atomic E-state index is 13.2. The number of hydrogen-bond donors (Lipinski definition) is 0. The normalized spacial score (nSPS) is 21.8. The second-order valence-corrected chi connectivity index (χ2v) is 6.62. The quantitative estimate of drug-likeness (QED) is 0.477. The molecule has 2 heterocycles. The van der Waals surface area contributed by atoms with Gasteiger partial charge in [0.15, 0.2) is 0 Å². The Hall–Kier alpha value is -2.28. The Balaban J connectivity index is 1.67. The first-order valence-corrected chi connectivity index (χ1v) is 8.69. The van der Waals surface area contributed by atoms with Crippen LogP contribution in [0.2, 0.25) is 0 Å². The molecular formula is C18H22FN3O3. The van der Waals surface area contributed by atoms with E-state index in [0.717, 1.165) is 38.1 Å². The average molecular weight is 347 g/mol. The Morgan fingerprint density at radius 3 is 2.72 bits per heavy atom. The van der Waals surface area contributed by atoms with E-state index in [1.165, 1.54) is 31.1 Å². The van der Waals surface area contributed by atoms with Crippen LogP contribution in [-0.2, 0) is 4.79 Å². The third-order valence-corrected chi connectivity index (χ3v) is 4.96. The van der Waals surface area contributed by atoms with E-state index >= 15 is 0 Å². The predicted octanol–water partition coefficient (Wildman–Crippen LogP) is 2.83. The second-order valence-electron chi connectivity index (χ2n) is 6.62. The van der Waals surface area contributed by atoms with Gasteiger partial charge < -0.3 is 4.90 Å². The van der Waals surface area contributed by atoms with Gasteiger partial charge in [-0.3, -0.25) is 19.8 Å². The minimum atomic E-state index is -0.667. The lowest BCUT2D eigenvalue weighted by atomic mass is 10.0. The first-order chi connectivity index (χ1) is 12.0. The molecule has 0 radical (unpaired) electrons. The van der Waals surface area contributed by atoms with Crippen LogP contribution in [0.25, 0.3) is 6.08 Å². The van der Waals surface area contributed by atoms with Crippen LogP contribution in [0.4, 0.5) is 10.1 Å². The van der Waals surface area contributed by atoms with Gasteiger partial charge in [0.25, 0.3) is 5.69 Å². The number of nitro benzene ring substituents is 1. The summed E-state index contributed by atoms with van der Waals surface area (Å²) < 4.78 is 13.2. The fourth-order valence-electron chi connectivity index (χ4n) is 3.64. The summed E-state index contributed by atoms with van der Waals surface area (Å²) in [5.41, 5.74) is -0.106. The molecule has 134 valence electrons. The summed E-state index contributed by atoms with van der Waals surface area (Å²) in [6.45, 7) is 3.61. The second kappa shape index (κ2) is 7.74. The number of hydrogen-bond acceptors (Lipinski definition) is 4. The molecule has 1 amide bonds. The van der Waals surface area contributed by atoms with Crippen molar-refractivity contribution in [3.05, 3.63) is 45.8 Å². The molecule has 7 heteroatoms. The Morgan fingerprint density at radius 2 is 2.00 bits per heavy atom. The third-order valence-electron chi connectivity index (χ3n) is 4.96. The molecule has 6 nitrogen and oxygen atoms in total. The van der Waals surface area contributed by atoms with Gasteiger partial charge in [0.2, 0.25) is 5.91 Å². The van der Waals surface area contributed by atoms with Crippen LogP contribution in [-0.4, -0.2) is 52.9 Å². The zero-order valence-electron chi connectivity index (χ0n) is 14.1. The van der Waals surface area contributed by atoms with Crippen molar-refractivity contribution in [1.82, 2.24) is 9.80 Å². The molecule has 1 aromatic rings. The number of carbonyl (C=O) groups is 1. The van der Waals surface area contributed by atoms with Gasteiger partial charge in [-0.1, -0.05) is 0 Å². The lowest BCUT2D eigenvalue weighted by Crippen LogP contribution is -2.48. The van der Waals surface area contributed by atoms with Crippen molar-refractivity contribution in [3.63, 3.8) is 0 Å². The van der Waals surface area contributed by atoms with E-state index in [1.807, 2.05) is 0 Å². The van der Waals surface area contributed by atoms with Crippen LogP contribution in [0.15, 0.2) is 24.3 Å². The van der Waals surface area contributed by atoms with Crippen molar-refractivity contribution in [2.24, 2.45) is 0 Å². The van der Waals surface area contributed by atoms with Gasteiger partial charge >= 0.3 is 0 Å². The van der Waals surface area contributed by atoms with Crippen molar-refractivity contribution in [2.75, 3.05) is 26.2 Å². The Kier molecular flexibility index (Phi) is 5.43. The summed E-state index contributed by atoms with van der Waals surface area (Å²) >= 11 is 0. The molecule has 2 aliphatic heterocycles. The number of rotatable bonds is 4. The zero-order chi connectivity index (χ0) is 17.8. The molecule has 0 aromatic heterocycles. The molecule has 0 bridgehead atoms. The predicted molar refractivity (Wildman–Crippen MR) is 92.5 cm³/mol. The van der Waals surface area contributed by atoms with Gasteiger partial charge in [-0.15, -0.1) is 0 Å². The highest BCUT2D eigenvalue weighted by molar-refractivity contribution is 5.92.